The van der Waals surface area contributed by atoms with Crippen molar-refractivity contribution < 1.29 is 58.3 Å². The second-order valence-electron chi connectivity index (χ2n) is 4.47. The van der Waals surface area contributed by atoms with Crippen LogP contribution in [0.15, 0.2) is 5.38 Å². The molecule has 1 saturated heterocycles. The Kier molecular flexibility index (Phi) is 7.59. The molecule has 0 radical (unpaired) electrons. The van der Waals surface area contributed by atoms with Crippen molar-refractivity contribution in [1.82, 2.24) is 14.6 Å². The van der Waals surface area contributed by atoms with E-state index in [2.05, 4.69) is 15.6 Å². The number of alkyl halides is 1. The Bertz CT molecular complexity index is 760. The molecule has 0 spiro atoms. The number of nitrogens with one attached hydrogen (secondary N) is 2. The normalized spacial score (nSPS) is 16.8. The number of nitrogens with zero attached hydrogens (tertiary/aromatic N) is 2. The van der Waals surface area contributed by atoms with Crippen molar-refractivity contribution in [2.24, 2.45) is 0 Å². The maximum atomic E-state index is 11.8. The summed E-state index contributed by atoms with van der Waals surface area (Å²) < 4.78 is 30.5. The van der Waals surface area contributed by atoms with Crippen molar-refractivity contribution in [2.45, 2.75) is 12.5 Å². The molecule has 0 aliphatic carbocycles. The molecule has 2 heterocycles. The molecular weight excluding hydrogens is 395 g/mol. The van der Waals surface area contributed by atoms with Crippen LogP contribution in [0.3, 0.4) is 0 Å². The molecular formula is C10H12ClN4NaO6S2. The van der Waals surface area contributed by atoms with Crippen LogP contribution in [0.25, 0.3) is 0 Å². The summed E-state index contributed by atoms with van der Waals surface area (Å²) in [5.74, 6) is -2.10. The molecule has 2 rings (SSSR count). The Morgan fingerprint density at radius 1 is 1.50 bits per heavy atom. The van der Waals surface area contributed by atoms with Crippen molar-refractivity contribution in [3.05, 3.63) is 11.1 Å². The summed E-state index contributed by atoms with van der Waals surface area (Å²) >= 11 is 6.44. The Hall–Kier alpha value is -0.760. The predicted octanol–water partition coefficient (Wildman–Crippen LogP) is -3.89. The second kappa shape index (κ2) is 8.56. The van der Waals surface area contributed by atoms with Crippen LogP contribution in [0.5, 0.6) is 0 Å². The van der Waals surface area contributed by atoms with E-state index in [1.807, 2.05) is 0 Å². The van der Waals surface area contributed by atoms with Crippen LogP contribution in [0.4, 0.5) is 5.13 Å². The van der Waals surface area contributed by atoms with Gasteiger partial charge in [0.25, 0.3) is 5.91 Å². The molecule has 1 fully saturated rings. The molecule has 0 aromatic carbocycles. The van der Waals surface area contributed by atoms with Gasteiger partial charge in [-0.05, 0) is 0 Å². The van der Waals surface area contributed by atoms with Gasteiger partial charge in [0.05, 0.1) is 18.7 Å². The number of carbonyl (C=O) groups is 3. The number of β-lactam (4-membered cyclic amide) rings is 1. The van der Waals surface area contributed by atoms with Gasteiger partial charge in [0, 0.05) is 5.38 Å². The minimum absolute atomic E-state index is 0. The second-order valence-corrected chi connectivity index (χ2v) is 6.93. The largest absolute Gasteiger partial charge is 1.00 e. The Morgan fingerprint density at radius 2 is 2.17 bits per heavy atom. The predicted molar refractivity (Wildman–Crippen MR) is 81.5 cm³/mol. The smallest absolute Gasteiger partial charge is 1.00 e. The van der Waals surface area contributed by atoms with E-state index in [1.165, 1.54) is 0 Å². The maximum absolute atomic E-state index is 11.8. The van der Waals surface area contributed by atoms with Gasteiger partial charge >= 0.3 is 39.9 Å². The van der Waals surface area contributed by atoms with Crippen LogP contribution >= 0.6 is 22.9 Å². The van der Waals surface area contributed by atoms with Crippen LogP contribution < -0.4 is 40.2 Å². The van der Waals surface area contributed by atoms with E-state index < -0.39 is 34.1 Å². The number of carbonyl (C=O) groups excluding carboxylic acids is 3. The standard InChI is InChI=1S/C10H11ClN4O6S2.Na.H/c11-2-8(17)14-10-12-5(4-22-10)1-7(16)13-6-3-15(9(6)18)23(19,20)21;;/h4,6H,1-3H2,(H,13,16)(H,12,14,17)(H,19,20,21);;/q;+1;-1. The molecule has 3 amide bonds. The first-order valence-electron chi connectivity index (χ1n) is 6.09. The minimum atomic E-state index is -4.58. The third kappa shape index (κ3) is 5.37. The molecule has 14 heteroatoms. The fraction of sp³-hybridized carbons (Fsp3) is 0.400. The molecule has 24 heavy (non-hydrogen) atoms. The van der Waals surface area contributed by atoms with Gasteiger partial charge in [-0.3, -0.25) is 18.9 Å². The molecule has 1 unspecified atom stereocenters. The average Bonchev–Trinajstić information content (AvgIpc) is 2.88. The van der Waals surface area contributed by atoms with Gasteiger partial charge in [-0.2, -0.15) is 8.42 Å². The minimum Gasteiger partial charge on any atom is -1.00 e. The van der Waals surface area contributed by atoms with Crippen LogP contribution in [0, 0.1) is 0 Å². The van der Waals surface area contributed by atoms with E-state index >= 15 is 0 Å². The maximum Gasteiger partial charge on any atom is 1.00 e. The molecule has 1 aromatic rings. The third-order valence-electron chi connectivity index (χ3n) is 2.77. The van der Waals surface area contributed by atoms with E-state index in [0.29, 0.717) is 5.69 Å². The van der Waals surface area contributed by atoms with Crippen LogP contribution in [0.1, 0.15) is 7.12 Å². The molecule has 1 aliphatic heterocycles. The molecule has 0 bridgehead atoms. The van der Waals surface area contributed by atoms with Gasteiger partial charge in [0.2, 0.25) is 11.8 Å². The molecule has 1 aromatic heterocycles. The summed E-state index contributed by atoms with van der Waals surface area (Å²) in [4.78, 5) is 38.3. The van der Waals surface area contributed by atoms with E-state index in [4.69, 9.17) is 16.2 Å². The first-order chi connectivity index (χ1) is 10.7. The third-order valence-corrected chi connectivity index (χ3v) is 4.70. The summed E-state index contributed by atoms with van der Waals surface area (Å²) in [6.45, 7) is -0.322. The number of halogens is 1. The molecule has 10 nitrogen and oxygen atoms in total. The summed E-state index contributed by atoms with van der Waals surface area (Å²) in [7, 11) is -4.58. The number of hydrogen-bond acceptors (Lipinski definition) is 7. The first kappa shape index (κ1) is 21.3. The summed E-state index contributed by atoms with van der Waals surface area (Å²) in [6, 6.07) is -1.00. The van der Waals surface area contributed by atoms with Crippen molar-refractivity contribution in [2.75, 3.05) is 17.7 Å². The van der Waals surface area contributed by atoms with E-state index in [0.717, 1.165) is 11.3 Å². The monoisotopic (exact) mass is 406 g/mol. The van der Waals surface area contributed by atoms with Crippen molar-refractivity contribution in [3.8, 4) is 0 Å². The van der Waals surface area contributed by atoms with Crippen molar-refractivity contribution in [1.29, 1.82) is 0 Å². The van der Waals surface area contributed by atoms with Crippen molar-refractivity contribution >= 4 is 56.1 Å². The SMILES string of the molecule is O=C(CCl)Nc1nc(CC(=O)NC2CN(S(=O)(=O)O)C2=O)cs1.[H-].[Na+]. The fourth-order valence-electron chi connectivity index (χ4n) is 1.72. The summed E-state index contributed by atoms with van der Waals surface area (Å²) in [6.07, 6.45) is -0.150. The molecule has 1 atom stereocenters. The topological polar surface area (TPSA) is 146 Å². The van der Waals surface area contributed by atoms with Crippen molar-refractivity contribution in [3.63, 3.8) is 0 Å². The number of anilines is 1. The summed E-state index contributed by atoms with van der Waals surface area (Å²) in [5, 5.41) is 6.60. The van der Waals surface area contributed by atoms with Gasteiger partial charge in [-0.15, -0.1) is 22.9 Å². The van der Waals surface area contributed by atoms with Crippen LogP contribution in [0.2, 0.25) is 0 Å². The number of aromatic nitrogens is 1. The number of rotatable bonds is 6. The molecule has 128 valence electrons. The quantitative estimate of drug-likeness (QED) is 0.189. The molecule has 1 aliphatic rings. The van der Waals surface area contributed by atoms with Gasteiger partial charge in [-0.1, -0.05) is 0 Å². The molecule has 0 saturated carbocycles. The number of amides is 3. The van der Waals surface area contributed by atoms with E-state index in [9.17, 15) is 22.8 Å². The Balaban J connectivity index is 0.00000288. The average molecular weight is 407 g/mol. The van der Waals surface area contributed by atoms with Crippen LogP contribution in [-0.4, -0.2) is 58.4 Å². The Labute approximate surface area is 169 Å². The van der Waals surface area contributed by atoms with Crippen LogP contribution in [-0.2, 0) is 31.1 Å². The zero-order valence-corrected chi connectivity index (χ0v) is 16.7. The Morgan fingerprint density at radius 3 is 2.71 bits per heavy atom. The molecule has 3 N–H and O–H groups in total. The first-order valence-corrected chi connectivity index (χ1v) is 8.90. The van der Waals surface area contributed by atoms with Gasteiger partial charge in [0.1, 0.15) is 11.9 Å². The van der Waals surface area contributed by atoms with E-state index in [-0.39, 0.29) is 59.3 Å². The van der Waals surface area contributed by atoms with Gasteiger partial charge in [-0.25, -0.2) is 9.29 Å². The van der Waals surface area contributed by atoms with E-state index in [1.54, 1.807) is 5.38 Å². The summed E-state index contributed by atoms with van der Waals surface area (Å²) in [5.41, 5.74) is 0.371. The fourth-order valence-corrected chi connectivity index (χ4v) is 3.20. The number of thiazole rings is 1. The zero-order valence-electron chi connectivity index (χ0n) is 13.4. The van der Waals surface area contributed by atoms with Gasteiger partial charge in [0.15, 0.2) is 5.13 Å². The number of hydrogen-bond donors (Lipinski definition) is 3. The van der Waals surface area contributed by atoms with Gasteiger partial charge < -0.3 is 12.1 Å². The zero-order chi connectivity index (χ0) is 17.2.